The Morgan fingerprint density at radius 1 is 1.24 bits per heavy atom. The van der Waals surface area contributed by atoms with Crippen LogP contribution < -0.4 is 5.32 Å². The molecule has 1 aromatic carbocycles. The summed E-state index contributed by atoms with van der Waals surface area (Å²) in [7, 11) is 0. The van der Waals surface area contributed by atoms with Gasteiger partial charge in [0.25, 0.3) is 5.69 Å². The Morgan fingerprint density at radius 3 is 2.88 bits per heavy atom. The smallest absolute Gasteiger partial charge is 0.272 e. The molecule has 0 saturated carbocycles. The number of benzene rings is 1. The molecule has 2 aromatic heterocycles. The summed E-state index contributed by atoms with van der Waals surface area (Å²) < 4.78 is 1.86. The van der Waals surface area contributed by atoms with Gasteiger partial charge in [-0.3, -0.25) is 10.1 Å². The van der Waals surface area contributed by atoms with Crippen molar-refractivity contribution < 1.29 is 4.92 Å². The molecule has 7 heteroatoms. The number of rotatable bonds is 3. The summed E-state index contributed by atoms with van der Waals surface area (Å²) in [6, 6.07) is 10.8. The van der Waals surface area contributed by atoms with Gasteiger partial charge in [0.1, 0.15) is 0 Å². The second-order valence-electron chi connectivity index (χ2n) is 6.01. The number of nitrogens with zero attached hydrogens (tertiary/aromatic N) is 4. The first kappa shape index (κ1) is 15.5. The van der Waals surface area contributed by atoms with Gasteiger partial charge in [-0.1, -0.05) is 18.2 Å². The van der Waals surface area contributed by atoms with Crippen LogP contribution in [-0.2, 0) is 13.0 Å². The van der Waals surface area contributed by atoms with E-state index in [4.69, 9.17) is 5.10 Å². The van der Waals surface area contributed by atoms with Gasteiger partial charge in [0.05, 0.1) is 16.3 Å². The Kier molecular flexibility index (Phi) is 3.77. The minimum atomic E-state index is -0.348. The number of aromatic nitrogens is 3. The van der Waals surface area contributed by atoms with Crippen LogP contribution in [0.4, 0.5) is 5.69 Å². The molecular formula is C18H17N5O2. The molecule has 0 radical (unpaired) electrons. The summed E-state index contributed by atoms with van der Waals surface area (Å²) >= 11 is 0. The van der Waals surface area contributed by atoms with Gasteiger partial charge in [-0.25, -0.2) is 9.67 Å². The summed E-state index contributed by atoms with van der Waals surface area (Å²) in [6.07, 6.45) is 2.58. The van der Waals surface area contributed by atoms with Crippen LogP contribution in [-0.4, -0.2) is 26.2 Å². The number of pyridine rings is 1. The molecular weight excluding hydrogens is 318 g/mol. The highest BCUT2D eigenvalue weighted by Crippen LogP contribution is 2.34. The van der Waals surface area contributed by atoms with Gasteiger partial charge in [-0.05, 0) is 19.1 Å². The molecule has 126 valence electrons. The van der Waals surface area contributed by atoms with Crippen LogP contribution in [0.3, 0.4) is 0 Å². The van der Waals surface area contributed by atoms with Gasteiger partial charge < -0.3 is 5.32 Å². The van der Waals surface area contributed by atoms with Crippen molar-refractivity contribution in [2.75, 3.05) is 6.54 Å². The van der Waals surface area contributed by atoms with E-state index in [0.717, 1.165) is 41.3 Å². The van der Waals surface area contributed by atoms with Crippen molar-refractivity contribution in [1.29, 1.82) is 0 Å². The zero-order valence-corrected chi connectivity index (χ0v) is 13.8. The largest absolute Gasteiger partial charge is 0.312 e. The lowest BCUT2D eigenvalue weighted by Crippen LogP contribution is -2.24. The fourth-order valence-corrected chi connectivity index (χ4v) is 3.31. The lowest BCUT2D eigenvalue weighted by Gasteiger charge is -2.15. The minimum absolute atomic E-state index is 0.113. The van der Waals surface area contributed by atoms with E-state index in [1.807, 2.05) is 28.9 Å². The third-order valence-electron chi connectivity index (χ3n) is 4.55. The molecule has 3 heterocycles. The Balaban J connectivity index is 1.94. The van der Waals surface area contributed by atoms with E-state index in [1.165, 1.54) is 6.07 Å². The maximum Gasteiger partial charge on any atom is 0.272 e. The molecule has 3 aromatic rings. The highest BCUT2D eigenvalue weighted by Gasteiger charge is 2.25. The summed E-state index contributed by atoms with van der Waals surface area (Å²) in [5.74, 6) is 0.759. The Hall–Kier alpha value is -3.06. The molecule has 1 aliphatic rings. The van der Waals surface area contributed by atoms with Gasteiger partial charge in [-0.2, -0.15) is 5.10 Å². The third kappa shape index (κ3) is 2.58. The molecule has 7 nitrogen and oxygen atoms in total. The van der Waals surface area contributed by atoms with Crippen molar-refractivity contribution in [1.82, 2.24) is 20.1 Å². The number of nitrogens with one attached hydrogen (secondary N) is 1. The van der Waals surface area contributed by atoms with E-state index in [1.54, 1.807) is 19.2 Å². The van der Waals surface area contributed by atoms with Crippen LogP contribution in [0.5, 0.6) is 0 Å². The molecule has 4 rings (SSSR count). The fraction of sp³-hybridized carbons (Fsp3) is 0.222. The van der Waals surface area contributed by atoms with Crippen LogP contribution in [0, 0.1) is 17.0 Å². The van der Waals surface area contributed by atoms with Crippen LogP contribution in [0.1, 0.15) is 16.8 Å². The topological polar surface area (TPSA) is 85.9 Å². The molecule has 0 aliphatic carbocycles. The van der Waals surface area contributed by atoms with E-state index in [0.29, 0.717) is 12.1 Å². The number of hydrogen-bond donors (Lipinski definition) is 1. The number of fused-ring (bicyclic) bond motifs is 1. The molecule has 0 spiro atoms. The fourth-order valence-electron chi connectivity index (χ4n) is 3.31. The normalized spacial score (nSPS) is 13.5. The predicted octanol–water partition coefficient (Wildman–Crippen LogP) is 2.80. The molecule has 0 saturated heterocycles. The molecule has 0 atom stereocenters. The first-order valence-corrected chi connectivity index (χ1v) is 8.14. The lowest BCUT2D eigenvalue weighted by molar-refractivity contribution is -0.385. The summed E-state index contributed by atoms with van der Waals surface area (Å²) in [4.78, 5) is 15.3. The average molecular weight is 335 g/mol. The van der Waals surface area contributed by atoms with E-state index in [2.05, 4.69) is 10.3 Å². The van der Waals surface area contributed by atoms with Crippen molar-refractivity contribution >= 4 is 5.69 Å². The van der Waals surface area contributed by atoms with Crippen LogP contribution in [0.15, 0.2) is 42.6 Å². The zero-order valence-electron chi connectivity index (χ0n) is 13.8. The highest BCUT2D eigenvalue weighted by atomic mass is 16.6. The maximum atomic E-state index is 11.3. The van der Waals surface area contributed by atoms with E-state index in [9.17, 15) is 10.1 Å². The standard InChI is InChI=1S/C18H17N5O2/c1-12-13(5-4-6-15(12)23(24)25)18-14-11-19-10-8-16(14)22(21-18)17-7-2-3-9-20-17/h2-7,9,19H,8,10-11H2,1H3. The maximum absolute atomic E-state index is 11.3. The van der Waals surface area contributed by atoms with E-state index in [-0.39, 0.29) is 10.6 Å². The number of hydrogen-bond acceptors (Lipinski definition) is 5. The Labute approximate surface area is 144 Å². The Bertz CT molecular complexity index is 950. The van der Waals surface area contributed by atoms with Crippen molar-refractivity contribution in [3.05, 3.63) is 69.5 Å². The predicted molar refractivity (Wildman–Crippen MR) is 93.6 cm³/mol. The second kappa shape index (κ2) is 6.10. The molecule has 1 aliphatic heterocycles. The van der Waals surface area contributed by atoms with Gasteiger partial charge >= 0.3 is 0 Å². The van der Waals surface area contributed by atoms with Crippen LogP contribution in [0.25, 0.3) is 17.1 Å². The molecule has 0 amide bonds. The summed E-state index contributed by atoms with van der Waals surface area (Å²) in [6.45, 7) is 3.34. The molecule has 25 heavy (non-hydrogen) atoms. The minimum Gasteiger partial charge on any atom is -0.312 e. The quantitative estimate of drug-likeness (QED) is 0.587. The molecule has 0 fully saturated rings. The van der Waals surface area contributed by atoms with Gasteiger partial charge in [0, 0.05) is 48.5 Å². The van der Waals surface area contributed by atoms with Gasteiger partial charge in [-0.15, -0.1) is 0 Å². The third-order valence-corrected chi connectivity index (χ3v) is 4.55. The van der Waals surface area contributed by atoms with E-state index < -0.39 is 0 Å². The summed E-state index contributed by atoms with van der Waals surface area (Å²) in [5.41, 5.74) is 4.52. The van der Waals surface area contributed by atoms with Crippen molar-refractivity contribution in [2.24, 2.45) is 0 Å². The number of nitro benzene ring substituents is 1. The average Bonchev–Trinajstić information content (AvgIpc) is 3.02. The van der Waals surface area contributed by atoms with Gasteiger partial charge in [0.2, 0.25) is 0 Å². The first-order chi connectivity index (χ1) is 12.2. The molecule has 1 N–H and O–H groups in total. The monoisotopic (exact) mass is 335 g/mol. The van der Waals surface area contributed by atoms with Crippen LogP contribution >= 0.6 is 0 Å². The first-order valence-electron chi connectivity index (χ1n) is 8.14. The molecule has 0 bridgehead atoms. The number of nitro groups is 1. The Morgan fingerprint density at radius 2 is 2.12 bits per heavy atom. The molecule has 0 unspecified atom stereocenters. The highest BCUT2D eigenvalue weighted by molar-refractivity contribution is 5.72. The lowest BCUT2D eigenvalue weighted by atomic mass is 9.98. The van der Waals surface area contributed by atoms with Crippen molar-refractivity contribution in [3.8, 4) is 17.1 Å². The van der Waals surface area contributed by atoms with Gasteiger partial charge in [0.15, 0.2) is 5.82 Å². The van der Waals surface area contributed by atoms with Crippen molar-refractivity contribution in [2.45, 2.75) is 19.9 Å². The van der Waals surface area contributed by atoms with Crippen molar-refractivity contribution in [3.63, 3.8) is 0 Å². The SMILES string of the molecule is Cc1c(-c2nn(-c3ccccn3)c3c2CNCC3)cccc1[N+](=O)[O-]. The second-order valence-corrected chi connectivity index (χ2v) is 6.01. The summed E-state index contributed by atoms with van der Waals surface area (Å²) in [5, 5.41) is 19.4. The van der Waals surface area contributed by atoms with E-state index >= 15 is 0 Å². The zero-order chi connectivity index (χ0) is 17.4. The van der Waals surface area contributed by atoms with Crippen LogP contribution in [0.2, 0.25) is 0 Å².